The summed E-state index contributed by atoms with van der Waals surface area (Å²) in [6.07, 6.45) is -4.77. The first-order valence-corrected chi connectivity index (χ1v) is 31.6. The minimum absolute atomic E-state index is 0.000495. The van der Waals surface area contributed by atoms with Gasteiger partial charge in [-0.25, -0.2) is 8.78 Å². The number of benzene rings is 4. The van der Waals surface area contributed by atoms with Crippen LogP contribution in [0.1, 0.15) is 160 Å². The maximum atomic E-state index is 16.0. The summed E-state index contributed by atoms with van der Waals surface area (Å²) in [5, 5.41) is 15.3. The number of aryl methyl sites for hydroxylation is 8. The summed E-state index contributed by atoms with van der Waals surface area (Å²) in [7, 11) is 6.89. The van der Waals surface area contributed by atoms with Crippen molar-refractivity contribution in [1.29, 1.82) is 0 Å². The number of halogens is 8. The van der Waals surface area contributed by atoms with E-state index in [1.165, 1.54) is 0 Å². The molecule has 0 spiro atoms. The number of carboxylic acid groups (broad SMARTS) is 1. The van der Waals surface area contributed by atoms with Gasteiger partial charge in [-0.05, 0) is 219 Å². The van der Waals surface area contributed by atoms with Gasteiger partial charge in [-0.2, -0.15) is 26.3 Å². The number of carbonyl (C=O) groups excluding carboxylic acids is 3. The maximum absolute atomic E-state index is 16.0. The average Bonchev–Trinajstić information content (AvgIpc) is 0.988. The van der Waals surface area contributed by atoms with Crippen molar-refractivity contribution in [3.05, 3.63) is 183 Å². The predicted octanol–water partition coefficient (Wildman–Crippen LogP) is 13.8. The van der Waals surface area contributed by atoms with Crippen LogP contribution in [0, 0.1) is 78.9 Å². The number of aliphatic carboxylic acids is 1. The monoisotopic (exact) mass is 1310 g/mol. The Balaban J connectivity index is 0.000000266. The molecule has 8 rings (SSSR count). The normalized spacial score (nSPS) is 14.7. The Labute approximate surface area is 543 Å². The van der Waals surface area contributed by atoms with E-state index in [2.05, 4.69) is 10.6 Å². The Bertz CT molecular complexity index is 3870. The van der Waals surface area contributed by atoms with Gasteiger partial charge in [0.25, 0.3) is 11.1 Å². The number of alkyl halides is 6. The molecule has 2 unspecified atom stereocenters. The lowest BCUT2D eigenvalue weighted by molar-refractivity contribution is -0.144. The van der Waals surface area contributed by atoms with Crippen molar-refractivity contribution in [2.75, 3.05) is 47.9 Å². The van der Waals surface area contributed by atoms with E-state index in [0.29, 0.717) is 28.8 Å². The van der Waals surface area contributed by atoms with E-state index in [1.54, 1.807) is 83.0 Å². The van der Waals surface area contributed by atoms with Crippen LogP contribution in [0.3, 0.4) is 0 Å². The number of carbonyl (C=O) groups is 4. The Kier molecular flexibility index (Phi) is 23.9. The number of aromatic nitrogens is 2. The molecule has 2 amide bonds. The van der Waals surface area contributed by atoms with Crippen LogP contribution in [-0.4, -0.2) is 95.7 Å². The van der Waals surface area contributed by atoms with E-state index >= 15 is 8.78 Å². The van der Waals surface area contributed by atoms with Crippen LogP contribution in [0.5, 0.6) is 0 Å². The van der Waals surface area contributed by atoms with Crippen LogP contribution in [0.4, 0.5) is 35.1 Å². The van der Waals surface area contributed by atoms with Gasteiger partial charge in [0.15, 0.2) is 0 Å². The largest absolute Gasteiger partial charge is 0.481 e. The number of hydrogen-bond donors (Lipinski definition) is 3. The number of nitrogens with zero attached hydrogens (tertiary/aromatic N) is 4. The summed E-state index contributed by atoms with van der Waals surface area (Å²) in [5.41, 5.74) is 5.45. The van der Waals surface area contributed by atoms with Gasteiger partial charge in [-0.15, -0.1) is 0 Å². The number of rotatable bonds is 25. The first-order valence-electron chi connectivity index (χ1n) is 31.6. The number of ether oxygens (including phenoxy) is 1. The minimum Gasteiger partial charge on any atom is -0.481 e. The van der Waals surface area contributed by atoms with Gasteiger partial charge in [0, 0.05) is 48.7 Å². The maximum Gasteiger partial charge on any atom is 0.416 e. The zero-order valence-electron chi connectivity index (χ0n) is 55.7. The summed E-state index contributed by atoms with van der Waals surface area (Å²) in [6, 6.07) is 10.8. The summed E-state index contributed by atoms with van der Waals surface area (Å²) < 4.78 is 123. The second-order valence-electron chi connectivity index (χ2n) is 26.1. The SMILES string of the molecule is CCOC(=O)C[C@H](NC(=O)C(CC1CC1)n1cc(CCN(C)C)c(C(F)(F)F)cc1=O)c1cc(-c2c(C)cc(C)cc2C)cc(C)c1F.Cc1cc(C)c(-c2cc(C)c(F)c([C@H](CC(=O)O)NC(=O)C(CC3CC3)n3cc(CCN(C)C)c(C(F)(F)F)cc3=O)c2)c(C)c1. The summed E-state index contributed by atoms with van der Waals surface area (Å²) in [5.74, 6) is -4.51. The molecule has 0 radical (unpaired) electrons. The first kappa shape index (κ1) is 73.4. The Morgan fingerprint density at radius 1 is 0.553 bits per heavy atom. The molecule has 4 aromatic carbocycles. The van der Waals surface area contributed by atoms with Gasteiger partial charge in [0.1, 0.15) is 23.7 Å². The topological polar surface area (TPSA) is 172 Å². The summed E-state index contributed by atoms with van der Waals surface area (Å²) in [6.45, 7) is 17.2. The Morgan fingerprint density at radius 2 is 0.904 bits per heavy atom. The molecule has 22 heteroatoms. The van der Waals surface area contributed by atoms with E-state index in [0.717, 1.165) is 91.7 Å². The van der Waals surface area contributed by atoms with Crippen LogP contribution < -0.4 is 21.8 Å². The Morgan fingerprint density at radius 3 is 1.21 bits per heavy atom. The van der Waals surface area contributed by atoms with E-state index < -0.39 is 107 Å². The molecule has 3 N–H and O–H groups in total. The summed E-state index contributed by atoms with van der Waals surface area (Å²) in [4.78, 5) is 82.8. The third kappa shape index (κ3) is 18.9. The van der Waals surface area contributed by atoms with Gasteiger partial charge in [-0.3, -0.25) is 28.8 Å². The number of amides is 2. The molecule has 94 heavy (non-hydrogen) atoms. The molecule has 4 atom stereocenters. The van der Waals surface area contributed by atoms with Crippen molar-refractivity contribution in [1.82, 2.24) is 29.6 Å². The van der Waals surface area contributed by atoms with E-state index in [1.807, 2.05) is 65.8 Å². The standard InChI is InChI=1S/C37H45F4N3O4.C35H41F4N3O4/c1-8-48-33(46)19-30(28-17-27(15-24(5)35(28)38)34-22(3)13-21(2)14-23(34)4)42-36(47)31(16-25-9-10-25)44-20-26(11-12-43(6)7)29(18-32(44)45)37(39,40)41;1-19-11-20(2)32(21(3)12-19)25-13-22(4)33(36)26(15-25)28(17-31(44)45)40-34(46)29(14-23-7-8-23)42-18-24(9-10-41(5)6)27(16-30(42)43)35(37,38)39/h13-15,17-18,20,25,30-31H,8-12,16,19H2,1-7H3,(H,42,47);11-13,15-16,18,23,28-29H,7-10,14,17H2,1-6H3,(H,40,46)(H,44,45)/t30-,31?;28-,29?/m00/s1. The van der Waals surface area contributed by atoms with Crippen molar-refractivity contribution in [3.63, 3.8) is 0 Å². The van der Waals surface area contributed by atoms with Gasteiger partial charge < -0.3 is 39.4 Å². The number of nitrogens with one attached hydrogen (secondary N) is 2. The second kappa shape index (κ2) is 30.6. The van der Waals surface area contributed by atoms with Gasteiger partial charge in [-0.1, -0.05) is 61.1 Å². The molecule has 2 fully saturated rings. The van der Waals surface area contributed by atoms with Crippen LogP contribution >= 0.6 is 0 Å². The molecule has 2 saturated carbocycles. The fourth-order valence-electron chi connectivity index (χ4n) is 12.6. The van der Waals surface area contributed by atoms with Crippen molar-refractivity contribution in [3.8, 4) is 22.3 Å². The summed E-state index contributed by atoms with van der Waals surface area (Å²) >= 11 is 0. The molecule has 508 valence electrons. The lowest BCUT2D eigenvalue weighted by Gasteiger charge is -2.26. The zero-order valence-corrected chi connectivity index (χ0v) is 55.7. The van der Waals surface area contributed by atoms with Crippen LogP contribution in [0.2, 0.25) is 0 Å². The highest BCUT2D eigenvalue weighted by atomic mass is 19.4. The van der Waals surface area contributed by atoms with Gasteiger partial charge >= 0.3 is 24.3 Å². The smallest absolute Gasteiger partial charge is 0.416 e. The van der Waals surface area contributed by atoms with Crippen LogP contribution in [0.15, 0.2) is 82.6 Å². The van der Waals surface area contributed by atoms with Crippen LogP contribution in [-0.2, 0) is 49.1 Å². The lowest BCUT2D eigenvalue weighted by atomic mass is 9.89. The van der Waals surface area contributed by atoms with Gasteiger partial charge in [0.2, 0.25) is 11.8 Å². The quantitative estimate of drug-likeness (QED) is 0.0370. The predicted molar refractivity (Wildman–Crippen MR) is 346 cm³/mol. The molecule has 2 heterocycles. The third-order valence-electron chi connectivity index (χ3n) is 17.3. The van der Waals surface area contributed by atoms with Crippen LogP contribution in [0.25, 0.3) is 22.3 Å². The van der Waals surface area contributed by atoms with Crippen molar-refractivity contribution >= 4 is 23.8 Å². The molecular formula is C72H86F8N6O8. The second-order valence-corrected chi connectivity index (χ2v) is 26.1. The van der Waals surface area contributed by atoms with Gasteiger partial charge in [0.05, 0.1) is 42.7 Å². The number of carboxylic acids is 1. The molecule has 14 nitrogen and oxygen atoms in total. The van der Waals surface area contributed by atoms with E-state index in [-0.39, 0.29) is 85.0 Å². The third-order valence-corrected chi connectivity index (χ3v) is 17.3. The highest BCUT2D eigenvalue weighted by molar-refractivity contribution is 5.83. The minimum atomic E-state index is -4.77. The van der Waals surface area contributed by atoms with Crippen molar-refractivity contribution in [2.24, 2.45) is 11.8 Å². The molecule has 6 aromatic rings. The highest BCUT2D eigenvalue weighted by Gasteiger charge is 2.40. The lowest BCUT2D eigenvalue weighted by Crippen LogP contribution is -2.40. The first-order chi connectivity index (χ1) is 43.9. The molecule has 2 aliphatic carbocycles. The number of pyridine rings is 2. The fraction of sp³-hybridized carbons (Fsp3) is 0.472. The number of esters is 1. The Hall–Kier alpha value is -7.98. The number of likely N-dealkylation sites (N-methyl/N-ethyl adjacent to an activating group) is 2. The highest BCUT2D eigenvalue weighted by Crippen LogP contribution is 2.42. The average molecular weight is 1320 g/mol. The molecule has 2 aliphatic rings. The van der Waals surface area contributed by atoms with Crippen molar-refractivity contribution < 1.29 is 64.1 Å². The van der Waals surface area contributed by atoms with E-state index in [9.17, 15) is 60.2 Å². The fourth-order valence-corrected chi connectivity index (χ4v) is 12.6. The molecule has 0 aliphatic heterocycles. The molecular weight excluding hydrogens is 1230 g/mol. The zero-order chi connectivity index (χ0) is 69.6. The van der Waals surface area contributed by atoms with Crippen molar-refractivity contribution in [2.45, 2.75) is 163 Å². The van der Waals surface area contributed by atoms with E-state index in [4.69, 9.17) is 4.74 Å². The molecule has 0 saturated heterocycles. The molecule has 2 aromatic heterocycles. The molecule has 0 bridgehead atoms. The number of hydrogen-bond acceptors (Lipinski definition) is 9.